The van der Waals surface area contributed by atoms with Gasteiger partial charge in [-0.25, -0.2) is 4.79 Å². The predicted molar refractivity (Wildman–Crippen MR) is 109 cm³/mol. The van der Waals surface area contributed by atoms with Gasteiger partial charge in [0.1, 0.15) is 0 Å². The molecule has 0 radical (unpaired) electrons. The highest BCUT2D eigenvalue weighted by molar-refractivity contribution is 7.10. The van der Waals surface area contributed by atoms with Crippen molar-refractivity contribution in [2.45, 2.75) is 39.7 Å². The van der Waals surface area contributed by atoms with E-state index in [2.05, 4.69) is 16.8 Å². The molecule has 1 aliphatic rings. The fourth-order valence-corrected chi connectivity index (χ4v) is 4.21. The lowest BCUT2D eigenvalue weighted by atomic mass is 10.0. The number of carbonyl (C=O) groups is 3. The minimum absolute atomic E-state index is 0.0117. The van der Waals surface area contributed by atoms with E-state index in [4.69, 9.17) is 4.74 Å². The van der Waals surface area contributed by atoms with E-state index in [9.17, 15) is 14.4 Å². The summed E-state index contributed by atoms with van der Waals surface area (Å²) in [6, 6.07) is 5.48. The van der Waals surface area contributed by atoms with E-state index in [0.717, 1.165) is 17.5 Å². The zero-order chi connectivity index (χ0) is 20.3. The summed E-state index contributed by atoms with van der Waals surface area (Å²) >= 11 is 1.73. The van der Waals surface area contributed by atoms with E-state index in [0.29, 0.717) is 24.3 Å². The highest BCUT2D eigenvalue weighted by Gasteiger charge is 2.22. The average molecular weight is 401 g/mol. The smallest absolute Gasteiger partial charge is 0.338 e. The second-order valence-electron chi connectivity index (χ2n) is 6.94. The van der Waals surface area contributed by atoms with Gasteiger partial charge in [0, 0.05) is 36.5 Å². The molecule has 6 nitrogen and oxygen atoms in total. The van der Waals surface area contributed by atoms with E-state index in [1.807, 2.05) is 24.8 Å². The molecule has 0 aliphatic carbocycles. The lowest BCUT2D eigenvalue weighted by Crippen LogP contribution is -2.35. The third-order valence-corrected chi connectivity index (χ3v) is 6.11. The van der Waals surface area contributed by atoms with Gasteiger partial charge in [0.2, 0.25) is 11.8 Å². The lowest BCUT2D eigenvalue weighted by molar-refractivity contribution is -0.133. The normalized spacial score (nSPS) is 13.0. The molecule has 2 aromatic rings. The van der Waals surface area contributed by atoms with Gasteiger partial charge < -0.3 is 15.0 Å². The van der Waals surface area contributed by atoms with Crippen molar-refractivity contribution in [2.75, 3.05) is 19.0 Å². The topological polar surface area (TPSA) is 75.7 Å². The molecule has 0 spiro atoms. The van der Waals surface area contributed by atoms with Crippen LogP contribution >= 0.6 is 11.3 Å². The number of benzene rings is 1. The van der Waals surface area contributed by atoms with Crippen LogP contribution in [0.2, 0.25) is 0 Å². The highest BCUT2D eigenvalue weighted by atomic mass is 32.1. The Hall–Kier alpha value is -2.67. The minimum atomic E-state index is -0.440. The van der Waals surface area contributed by atoms with Crippen LogP contribution in [0.1, 0.15) is 44.8 Å². The highest BCUT2D eigenvalue weighted by Crippen LogP contribution is 2.25. The summed E-state index contributed by atoms with van der Waals surface area (Å²) in [6.45, 7) is 5.03. The van der Waals surface area contributed by atoms with Gasteiger partial charge in [-0.2, -0.15) is 0 Å². The number of aryl methyl sites for hydroxylation is 1. The van der Waals surface area contributed by atoms with Crippen LogP contribution in [-0.4, -0.2) is 36.3 Å². The Bertz CT molecular complexity index is 919. The van der Waals surface area contributed by atoms with Crippen molar-refractivity contribution in [3.05, 3.63) is 50.7 Å². The number of amides is 2. The standard InChI is InChI=1S/C21H24N2O4S/c1-13-10-16(11-17(14(13)2)21(26)27-3)22-19(24)4-5-20(25)23-8-6-18-15(12-23)7-9-28-18/h7,9-11H,4-6,8,12H2,1-3H3,(H,22,24). The van der Waals surface area contributed by atoms with Gasteiger partial charge >= 0.3 is 5.97 Å². The molecule has 2 heterocycles. The Kier molecular flexibility index (Phi) is 6.14. The molecule has 2 amide bonds. The fraction of sp³-hybridized carbons (Fsp3) is 0.381. The first-order valence-electron chi connectivity index (χ1n) is 9.21. The van der Waals surface area contributed by atoms with Gasteiger partial charge in [-0.1, -0.05) is 0 Å². The number of esters is 1. The Morgan fingerprint density at radius 2 is 2.00 bits per heavy atom. The number of fused-ring (bicyclic) bond motifs is 1. The first kappa shape index (κ1) is 20.1. The van der Waals surface area contributed by atoms with Crippen molar-refractivity contribution >= 4 is 34.8 Å². The Labute approximate surface area is 168 Å². The van der Waals surface area contributed by atoms with E-state index >= 15 is 0 Å². The molecule has 1 aromatic carbocycles. The summed E-state index contributed by atoms with van der Waals surface area (Å²) in [5.41, 5.74) is 3.86. The van der Waals surface area contributed by atoms with Crippen LogP contribution < -0.4 is 5.32 Å². The molecule has 3 rings (SSSR count). The molecular formula is C21H24N2O4S. The molecule has 0 bridgehead atoms. The first-order chi connectivity index (χ1) is 13.4. The maximum atomic E-state index is 12.5. The molecule has 7 heteroatoms. The van der Waals surface area contributed by atoms with E-state index < -0.39 is 5.97 Å². The number of rotatable bonds is 5. The van der Waals surface area contributed by atoms with Crippen molar-refractivity contribution in [3.8, 4) is 0 Å². The molecule has 0 fully saturated rings. The summed E-state index contributed by atoms with van der Waals surface area (Å²) in [5.74, 6) is -0.701. The van der Waals surface area contributed by atoms with E-state index in [-0.39, 0.29) is 24.7 Å². The summed E-state index contributed by atoms with van der Waals surface area (Å²) in [7, 11) is 1.33. The summed E-state index contributed by atoms with van der Waals surface area (Å²) < 4.78 is 4.80. The Morgan fingerprint density at radius 3 is 2.75 bits per heavy atom. The third-order valence-electron chi connectivity index (χ3n) is 5.08. The number of nitrogens with zero attached hydrogens (tertiary/aromatic N) is 1. The molecule has 1 aromatic heterocycles. The zero-order valence-electron chi connectivity index (χ0n) is 16.3. The molecule has 0 saturated heterocycles. The van der Waals surface area contributed by atoms with Crippen LogP contribution in [-0.2, 0) is 27.3 Å². The van der Waals surface area contributed by atoms with Crippen molar-refractivity contribution < 1.29 is 19.1 Å². The van der Waals surface area contributed by atoms with Crippen molar-refractivity contribution in [1.29, 1.82) is 0 Å². The van der Waals surface area contributed by atoms with Gasteiger partial charge in [-0.3, -0.25) is 9.59 Å². The molecule has 0 unspecified atom stereocenters. The minimum Gasteiger partial charge on any atom is -0.465 e. The number of hydrogen-bond acceptors (Lipinski definition) is 5. The number of ether oxygens (including phenoxy) is 1. The largest absolute Gasteiger partial charge is 0.465 e. The van der Waals surface area contributed by atoms with Gasteiger partial charge in [0.05, 0.1) is 12.7 Å². The quantitative estimate of drug-likeness (QED) is 0.780. The first-order valence-corrected chi connectivity index (χ1v) is 10.1. The summed E-state index contributed by atoms with van der Waals surface area (Å²) in [4.78, 5) is 39.8. The monoisotopic (exact) mass is 400 g/mol. The maximum absolute atomic E-state index is 12.5. The van der Waals surface area contributed by atoms with Crippen molar-refractivity contribution in [3.63, 3.8) is 0 Å². The summed E-state index contributed by atoms with van der Waals surface area (Å²) in [5, 5.41) is 4.84. The Morgan fingerprint density at radius 1 is 1.21 bits per heavy atom. The SMILES string of the molecule is COC(=O)c1cc(NC(=O)CCC(=O)N2CCc3sccc3C2)cc(C)c1C. The van der Waals surface area contributed by atoms with Crippen molar-refractivity contribution in [2.24, 2.45) is 0 Å². The van der Waals surface area contributed by atoms with Gasteiger partial charge in [0.25, 0.3) is 0 Å². The maximum Gasteiger partial charge on any atom is 0.338 e. The average Bonchev–Trinajstić information content (AvgIpc) is 3.15. The van der Waals surface area contributed by atoms with Gasteiger partial charge in [-0.05, 0) is 60.5 Å². The number of hydrogen-bond donors (Lipinski definition) is 1. The number of methoxy groups -OCH3 is 1. The molecule has 1 N–H and O–H groups in total. The van der Waals surface area contributed by atoms with Crippen LogP contribution in [0.25, 0.3) is 0 Å². The number of thiophene rings is 1. The van der Waals surface area contributed by atoms with Crippen molar-refractivity contribution in [1.82, 2.24) is 4.90 Å². The number of nitrogens with one attached hydrogen (secondary N) is 1. The van der Waals surface area contributed by atoms with Crippen LogP contribution in [0.5, 0.6) is 0 Å². The lowest BCUT2D eigenvalue weighted by Gasteiger charge is -2.27. The molecule has 0 atom stereocenters. The zero-order valence-corrected chi connectivity index (χ0v) is 17.1. The molecular weight excluding hydrogens is 376 g/mol. The third kappa shape index (κ3) is 4.42. The molecule has 28 heavy (non-hydrogen) atoms. The van der Waals surface area contributed by atoms with Gasteiger partial charge in [-0.15, -0.1) is 11.3 Å². The van der Waals surface area contributed by atoms with E-state index in [1.165, 1.54) is 17.6 Å². The predicted octanol–water partition coefficient (Wildman–Crippen LogP) is 3.46. The molecule has 1 aliphatic heterocycles. The van der Waals surface area contributed by atoms with Crippen LogP contribution in [0.15, 0.2) is 23.6 Å². The second-order valence-corrected chi connectivity index (χ2v) is 7.94. The van der Waals surface area contributed by atoms with Gasteiger partial charge in [0.15, 0.2) is 0 Å². The molecule has 148 valence electrons. The Balaban J connectivity index is 1.57. The van der Waals surface area contributed by atoms with Crippen LogP contribution in [0.3, 0.4) is 0 Å². The van der Waals surface area contributed by atoms with Crippen LogP contribution in [0.4, 0.5) is 5.69 Å². The van der Waals surface area contributed by atoms with E-state index in [1.54, 1.807) is 17.4 Å². The second kappa shape index (κ2) is 8.56. The number of carbonyl (C=O) groups excluding carboxylic acids is 3. The fourth-order valence-electron chi connectivity index (χ4n) is 3.32. The summed E-state index contributed by atoms with van der Waals surface area (Å²) in [6.07, 6.45) is 1.15. The van der Waals surface area contributed by atoms with Crippen LogP contribution in [0, 0.1) is 13.8 Å². The number of anilines is 1. The molecule has 0 saturated carbocycles.